The van der Waals surface area contributed by atoms with E-state index in [0.29, 0.717) is 18.5 Å². The van der Waals surface area contributed by atoms with Gasteiger partial charge >= 0.3 is 0 Å². The average Bonchev–Trinajstić information content (AvgIpc) is 2.90. The zero-order chi connectivity index (χ0) is 12.5. The fourth-order valence-corrected chi connectivity index (χ4v) is 2.34. The Balaban J connectivity index is 2.17. The number of nitrogens with zero attached hydrogens (tertiary/aromatic N) is 2. The number of nitrogen functional groups attached to an aromatic ring is 1. The number of anilines is 1. The second-order valence-corrected chi connectivity index (χ2v) is 4.41. The largest absolute Gasteiger partial charge is 0.497 e. The molecule has 2 N–H and O–H groups in total. The molecule has 0 spiro atoms. The van der Waals surface area contributed by atoms with Crippen LogP contribution in [0.5, 0.6) is 5.75 Å². The third kappa shape index (κ3) is 1.86. The molecule has 1 aliphatic rings. The van der Waals surface area contributed by atoms with Gasteiger partial charge in [0.25, 0.3) is 0 Å². The van der Waals surface area contributed by atoms with Gasteiger partial charge in [0, 0.05) is 24.0 Å². The van der Waals surface area contributed by atoms with Gasteiger partial charge in [-0.2, -0.15) is 0 Å². The summed E-state index contributed by atoms with van der Waals surface area (Å²) < 4.78 is 10.6. The molecule has 1 saturated heterocycles. The number of aromatic nitrogens is 2. The normalized spacial score (nSPS) is 19.3. The Morgan fingerprint density at radius 3 is 3.00 bits per heavy atom. The Morgan fingerprint density at radius 1 is 1.39 bits per heavy atom. The molecule has 0 radical (unpaired) electrons. The van der Waals surface area contributed by atoms with Crippen molar-refractivity contribution in [2.45, 2.75) is 12.3 Å². The highest BCUT2D eigenvalue weighted by Gasteiger charge is 2.22. The summed E-state index contributed by atoms with van der Waals surface area (Å²) in [5, 5.41) is 1.03. The van der Waals surface area contributed by atoms with Crippen molar-refractivity contribution in [2.24, 2.45) is 0 Å². The van der Waals surface area contributed by atoms with Gasteiger partial charge in [-0.25, -0.2) is 9.97 Å². The topological polar surface area (TPSA) is 70.3 Å². The summed E-state index contributed by atoms with van der Waals surface area (Å²) in [6.07, 6.45) is 0.984. The monoisotopic (exact) mass is 245 g/mol. The van der Waals surface area contributed by atoms with E-state index in [9.17, 15) is 0 Å². The average molecular weight is 245 g/mol. The number of hydrogen-bond acceptors (Lipinski definition) is 5. The smallest absolute Gasteiger partial charge is 0.220 e. The Morgan fingerprint density at radius 2 is 2.28 bits per heavy atom. The van der Waals surface area contributed by atoms with Gasteiger partial charge in [0.15, 0.2) is 0 Å². The van der Waals surface area contributed by atoms with Gasteiger partial charge in [0.2, 0.25) is 5.95 Å². The van der Waals surface area contributed by atoms with Crippen LogP contribution in [-0.2, 0) is 4.74 Å². The van der Waals surface area contributed by atoms with Gasteiger partial charge in [-0.15, -0.1) is 0 Å². The van der Waals surface area contributed by atoms with E-state index in [0.717, 1.165) is 35.4 Å². The molecule has 0 aliphatic carbocycles. The van der Waals surface area contributed by atoms with Crippen molar-refractivity contribution in [3.8, 4) is 5.75 Å². The Labute approximate surface area is 105 Å². The fourth-order valence-electron chi connectivity index (χ4n) is 2.34. The minimum absolute atomic E-state index is 0.303. The Hall–Kier alpha value is -1.88. The fraction of sp³-hybridized carbons (Fsp3) is 0.385. The lowest BCUT2D eigenvalue weighted by Gasteiger charge is -2.11. The molecular weight excluding hydrogens is 230 g/mol. The molecule has 94 valence electrons. The number of rotatable bonds is 2. The molecule has 5 heteroatoms. The lowest BCUT2D eigenvalue weighted by molar-refractivity contribution is 0.193. The highest BCUT2D eigenvalue weighted by molar-refractivity contribution is 5.83. The molecule has 1 atom stereocenters. The number of benzene rings is 1. The molecule has 18 heavy (non-hydrogen) atoms. The standard InChI is InChI=1S/C13H15N3O2/c1-17-9-2-3-10-11(6-9)15-13(14)16-12(10)8-4-5-18-7-8/h2-3,6,8H,4-5,7H2,1H3,(H2,14,15,16). The van der Waals surface area contributed by atoms with E-state index < -0.39 is 0 Å². The van der Waals surface area contributed by atoms with E-state index in [1.54, 1.807) is 7.11 Å². The van der Waals surface area contributed by atoms with Crippen LogP contribution in [0.3, 0.4) is 0 Å². The number of ether oxygens (including phenoxy) is 2. The first-order valence-electron chi connectivity index (χ1n) is 5.97. The van der Waals surface area contributed by atoms with Gasteiger partial charge in [-0.05, 0) is 18.6 Å². The van der Waals surface area contributed by atoms with E-state index in [1.807, 2.05) is 18.2 Å². The van der Waals surface area contributed by atoms with E-state index in [1.165, 1.54) is 0 Å². The van der Waals surface area contributed by atoms with Gasteiger partial charge in [-0.1, -0.05) is 0 Å². The summed E-state index contributed by atoms with van der Waals surface area (Å²) in [6.45, 7) is 1.49. The van der Waals surface area contributed by atoms with Crippen LogP contribution in [-0.4, -0.2) is 30.3 Å². The number of methoxy groups -OCH3 is 1. The molecule has 1 aromatic heterocycles. The van der Waals surface area contributed by atoms with Crippen LogP contribution in [0.1, 0.15) is 18.0 Å². The zero-order valence-corrected chi connectivity index (χ0v) is 10.2. The summed E-state index contributed by atoms with van der Waals surface area (Å²) in [5.41, 5.74) is 7.59. The van der Waals surface area contributed by atoms with Crippen LogP contribution < -0.4 is 10.5 Å². The maximum absolute atomic E-state index is 5.78. The Kier molecular flexibility index (Phi) is 2.76. The highest BCUT2D eigenvalue weighted by Crippen LogP contribution is 2.31. The van der Waals surface area contributed by atoms with Crippen LogP contribution in [0, 0.1) is 0 Å². The minimum atomic E-state index is 0.303. The lowest BCUT2D eigenvalue weighted by atomic mass is 10.00. The third-order valence-electron chi connectivity index (χ3n) is 3.27. The molecule has 2 aromatic rings. The van der Waals surface area contributed by atoms with Gasteiger partial charge < -0.3 is 15.2 Å². The summed E-state index contributed by atoms with van der Waals surface area (Å²) in [7, 11) is 1.64. The van der Waals surface area contributed by atoms with E-state index in [-0.39, 0.29) is 0 Å². The molecule has 3 rings (SSSR count). The second kappa shape index (κ2) is 4.42. The third-order valence-corrected chi connectivity index (χ3v) is 3.27. The van der Waals surface area contributed by atoms with Crippen LogP contribution >= 0.6 is 0 Å². The molecule has 1 aromatic carbocycles. The van der Waals surface area contributed by atoms with Gasteiger partial charge in [0.1, 0.15) is 5.75 Å². The second-order valence-electron chi connectivity index (χ2n) is 4.41. The summed E-state index contributed by atoms with van der Waals surface area (Å²) in [4.78, 5) is 8.65. The van der Waals surface area contributed by atoms with Crippen molar-refractivity contribution in [2.75, 3.05) is 26.1 Å². The molecule has 1 aliphatic heterocycles. The Bertz CT molecular complexity index is 580. The van der Waals surface area contributed by atoms with Crippen molar-refractivity contribution in [3.63, 3.8) is 0 Å². The summed E-state index contributed by atoms with van der Waals surface area (Å²) >= 11 is 0. The molecular formula is C13H15N3O2. The summed E-state index contributed by atoms with van der Waals surface area (Å²) in [6, 6.07) is 5.79. The molecule has 5 nitrogen and oxygen atoms in total. The number of fused-ring (bicyclic) bond motifs is 1. The quantitative estimate of drug-likeness (QED) is 0.872. The van der Waals surface area contributed by atoms with Crippen molar-refractivity contribution >= 4 is 16.9 Å². The predicted octanol–water partition coefficient (Wildman–Crippen LogP) is 1.72. The van der Waals surface area contributed by atoms with Crippen molar-refractivity contribution in [1.82, 2.24) is 9.97 Å². The molecule has 0 saturated carbocycles. The highest BCUT2D eigenvalue weighted by atomic mass is 16.5. The first kappa shape index (κ1) is 11.2. The SMILES string of the molecule is COc1ccc2c(C3CCOC3)nc(N)nc2c1. The minimum Gasteiger partial charge on any atom is -0.497 e. The predicted molar refractivity (Wildman–Crippen MR) is 68.7 cm³/mol. The van der Waals surface area contributed by atoms with Gasteiger partial charge in [0.05, 0.1) is 24.9 Å². The van der Waals surface area contributed by atoms with E-state index in [4.69, 9.17) is 15.2 Å². The molecule has 1 unspecified atom stereocenters. The van der Waals surface area contributed by atoms with Crippen LogP contribution in [0.15, 0.2) is 18.2 Å². The van der Waals surface area contributed by atoms with Gasteiger partial charge in [-0.3, -0.25) is 0 Å². The molecule has 2 heterocycles. The maximum Gasteiger partial charge on any atom is 0.220 e. The van der Waals surface area contributed by atoms with Crippen LogP contribution in [0.4, 0.5) is 5.95 Å². The molecule has 0 amide bonds. The molecule has 0 bridgehead atoms. The maximum atomic E-state index is 5.78. The number of nitrogens with two attached hydrogens (primary N) is 1. The van der Waals surface area contributed by atoms with Crippen molar-refractivity contribution in [1.29, 1.82) is 0 Å². The zero-order valence-electron chi connectivity index (χ0n) is 10.2. The first-order valence-corrected chi connectivity index (χ1v) is 5.97. The van der Waals surface area contributed by atoms with Crippen molar-refractivity contribution < 1.29 is 9.47 Å². The van der Waals surface area contributed by atoms with Crippen LogP contribution in [0.2, 0.25) is 0 Å². The number of hydrogen-bond donors (Lipinski definition) is 1. The first-order chi connectivity index (χ1) is 8.78. The van der Waals surface area contributed by atoms with E-state index in [2.05, 4.69) is 9.97 Å². The summed E-state index contributed by atoms with van der Waals surface area (Å²) in [5.74, 6) is 1.39. The molecule has 1 fully saturated rings. The van der Waals surface area contributed by atoms with Crippen LogP contribution in [0.25, 0.3) is 10.9 Å². The van der Waals surface area contributed by atoms with E-state index >= 15 is 0 Å². The van der Waals surface area contributed by atoms with Crippen molar-refractivity contribution in [3.05, 3.63) is 23.9 Å². The lowest BCUT2D eigenvalue weighted by Crippen LogP contribution is -2.06.